The van der Waals surface area contributed by atoms with Gasteiger partial charge in [-0.2, -0.15) is 0 Å². The van der Waals surface area contributed by atoms with E-state index in [0.29, 0.717) is 5.69 Å². The molecule has 0 saturated carbocycles. The SMILES string of the molecule is CCCC(CC)C(=O)C(C)(CC=O)c1ccccn1. The first-order valence-electron chi connectivity index (χ1n) is 6.99. The molecule has 2 unspecified atom stereocenters. The van der Waals surface area contributed by atoms with Crippen LogP contribution in [0.3, 0.4) is 0 Å². The molecular formula is C16H23NO2. The number of pyridine rings is 1. The molecule has 0 spiro atoms. The van der Waals surface area contributed by atoms with Crippen molar-refractivity contribution in [1.82, 2.24) is 4.98 Å². The number of aromatic nitrogens is 1. The molecule has 0 aliphatic carbocycles. The number of aldehydes is 1. The molecule has 0 amide bonds. The summed E-state index contributed by atoms with van der Waals surface area (Å²) in [7, 11) is 0. The van der Waals surface area contributed by atoms with E-state index >= 15 is 0 Å². The van der Waals surface area contributed by atoms with Gasteiger partial charge in [0.1, 0.15) is 12.1 Å². The molecule has 2 atom stereocenters. The first-order chi connectivity index (χ1) is 9.10. The van der Waals surface area contributed by atoms with E-state index < -0.39 is 5.41 Å². The topological polar surface area (TPSA) is 47.0 Å². The van der Waals surface area contributed by atoms with Crippen molar-refractivity contribution in [2.24, 2.45) is 5.92 Å². The third kappa shape index (κ3) is 3.49. The fraction of sp³-hybridized carbons (Fsp3) is 0.562. The molecule has 104 valence electrons. The van der Waals surface area contributed by atoms with Crippen molar-refractivity contribution < 1.29 is 9.59 Å². The third-order valence-electron chi connectivity index (χ3n) is 3.77. The Morgan fingerprint density at radius 1 is 1.42 bits per heavy atom. The van der Waals surface area contributed by atoms with E-state index in [9.17, 15) is 9.59 Å². The molecule has 0 aliphatic heterocycles. The van der Waals surface area contributed by atoms with Gasteiger partial charge in [0.25, 0.3) is 0 Å². The first-order valence-corrected chi connectivity index (χ1v) is 6.99. The van der Waals surface area contributed by atoms with Crippen LogP contribution in [-0.2, 0) is 15.0 Å². The van der Waals surface area contributed by atoms with Crippen LogP contribution < -0.4 is 0 Å². The summed E-state index contributed by atoms with van der Waals surface area (Å²) in [6.07, 6.45) is 5.36. The lowest BCUT2D eigenvalue weighted by atomic mass is 9.73. The van der Waals surface area contributed by atoms with Crippen molar-refractivity contribution in [3.8, 4) is 0 Å². The zero-order valence-corrected chi connectivity index (χ0v) is 12.1. The van der Waals surface area contributed by atoms with Crippen molar-refractivity contribution >= 4 is 12.1 Å². The highest BCUT2D eigenvalue weighted by Crippen LogP contribution is 2.31. The molecule has 0 radical (unpaired) electrons. The minimum absolute atomic E-state index is 0.0111. The molecule has 1 aromatic rings. The first kappa shape index (κ1) is 15.5. The van der Waals surface area contributed by atoms with Crippen LogP contribution in [0.15, 0.2) is 24.4 Å². The number of carbonyl (C=O) groups is 2. The maximum absolute atomic E-state index is 12.8. The number of carbonyl (C=O) groups excluding carboxylic acids is 2. The van der Waals surface area contributed by atoms with Crippen molar-refractivity contribution in [3.05, 3.63) is 30.1 Å². The van der Waals surface area contributed by atoms with Gasteiger partial charge in [0.05, 0.1) is 11.1 Å². The number of Topliss-reactive ketones (excluding diaryl/α,β-unsaturated/α-hetero) is 1. The maximum atomic E-state index is 12.8. The molecule has 0 fully saturated rings. The van der Waals surface area contributed by atoms with Crippen LogP contribution in [0.25, 0.3) is 0 Å². The molecule has 0 saturated heterocycles. The van der Waals surface area contributed by atoms with Gasteiger partial charge in [0, 0.05) is 18.5 Å². The van der Waals surface area contributed by atoms with E-state index in [0.717, 1.165) is 25.5 Å². The smallest absolute Gasteiger partial charge is 0.148 e. The number of hydrogen-bond donors (Lipinski definition) is 0. The van der Waals surface area contributed by atoms with Gasteiger partial charge in [-0.25, -0.2) is 0 Å². The zero-order chi connectivity index (χ0) is 14.3. The second-order valence-electron chi connectivity index (χ2n) is 5.18. The van der Waals surface area contributed by atoms with Gasteiger partial charge in [-0.15, -0.1) is 0 Å². The van der Waals surface area contributed by atoms with Gasteiger partial charge in [-0.3, -0.25) is 9.78 Å². The Hall–Kier alpha value is -1.51. The van der Waals surface area contributed by atoms with Gasteiger partial charge in [-0.05, 0) is 31.9 Å². The molecule has 0 aliphatic rings. The number of hydrogen-bond acceptors (Lipinski definition) is 3. The van der Waals surface area contributed by atoms with Crippen LogP contribution in [0.5, 0.6) is 0 Å². The highest BCUT2D eigenvalue weighted by atomic mass is 16.1. The van der Waals surface area contributed by atoms with Crippen LogP contribution in [0.1, 0.15) is 52.1 Å². The van der Waals surface area contributed by atoms with Crippen LogP contribution >= 0.6 is 0 Å². The summed E-state index contributed by atoms with van der Waals surface area (Å²) in [6, 6.07) is 5.51. The predicted molar refractivity (Wildman–Crippen MR) is 76.0 cm³/mol. The number of rotatable bonds is 8. The average Bonchev–Trinajstić information content (AvgIpc) is 2.45. The molecule has 1 rings (SSSR count). The summed E-state index contributed by atoms with van der Waals surface area (Å²) in [4.78, 5) is 28.1. The highest BCUT2D eigenvalue weighted by molar-refractivity contribution is 5.93. The monoisotopic (exact) mass is 261 g/mol. The van der Waals surface area contributed by atoms with E-state index in [4.69, 9.17) is 0 Å². The lowest BCUT2D eigenvalue weighted by molar-refractivity contribution is -0.130. The predicted octanol–water partition coefficient (Wildman–Crippen LogP) is 3.32. The maximum Gasteiger partial charge on any atom is 0.148 e. The molecule has 19 heavy (non-hydrogen) atoms. The van der Waals surface area contributed by atoms with Crippen molar-refractivity contribution in [1.29, 1.82) is 0 Å². The Balaban J connectivity index is 3.11. The Labute approximate surface area is 115 Å². The van der Waals surface area contributed by atoms with Crippen molar-refractivity contribution in [2.45, 2.75) is 51.9 Å². The molecule has 0 bridgehead atoms. The fourth-order valence-electron chi connectivity index (χ4n) is 2.51. The molecule has 0 aromatic carbocycles. The molecule has 0 N–H and O–H groups in total. The van der Waals surface area contributed by atoms with Crippen LogP contribution in [0, 0.1) is 5.92 Å². The second kappa shape index (κ2) is 7.17. The van der Waals surface area contributed by atoms with Crippen LogP contribution in [-0.4, -0.2) is 17.1 Å². The highest BCUT2D eigenvalue weighted by Gasteiger charge is 2.39. The van der Waals surface area contributed by atoms with Gasteiger partial charge < -0.3 is 4.79 Å². The summed E-state index contributed by atoms with van der Waals surface area (Å²) >= 11 is 0. The lowest BCUT2D eigenvalue weighted by Gasteiger charge is -2.29. The van der Waals surface area contributed by atoms with E-state index in [2.05, 4.69) is 11.9 Å². The largest absolute Gasteiger partial charge is 0.303 e. The zero-order valence-electron chi connectivity index (χ0n) is 12.1. The Morgan fingerprint density at radius 2 is 2.16 bits per heavy atom. The second-order valence-corrected chi connectivity index (χ2v) is 5.18. The molecule has 1 aromatic heterocycles. The summed E-state index contributed by atoms with van der Waals surface area (Å²) in [5.41, 5.74) is -0.0968. The minimum Gasteiger partial charge on any atom is -0.303 e. The minimum atomic E-state index is -0.793. The van der Waals surface area contributed by atoms with Crippen LogP contribution in [0.4, 0.5) is 0 Å². The van der Waals surface area contributed by atoms with Crippen molar-refractivity contribution in [3.63, 3.8) is 0 Å². The molecule has 3 nitrogen and oxygen atoms in total. The lowest BCUT2D eigenvalue weighted by Crippen LogP contribution is -2.38. The summed E-state index contributed by atoms with van der Waals surface area (Å²) in [5, 5.41) is 0. The number of ketones is 1. The van der Waals surface area contributed by atoms with E-state index in [1.54, 1.807) is 6.20 Å². The molecule has 3 heteroatoms. The van der Waals surface area contributed by atoms with Gasteiger partial charge >= 0.3 is 0 Å². The average molecular weight is 261 g/mol. The Bertz CT molecular complexity index is 416. The summed E-state index contributed by atoms with van der Waals surface area (Å²) in [6.45, 7) is 5.94. The summed E-state index contributed by atoms with van der Waals surface area (Å²) in [5.74, 6) is 0.152. The normalized spacial score (nSPS) is 15.5. The molecular weight excluding hydrogens is 238 g/mol. The van der Waals surface area contributed by atoms with E-state index in [-0.39, 0.29) is 18.1 Å². The number of nitrogens with zero attached hydrogens (tertiary/aromatic N) is 1. The Morgan fingerprint density at radius 3 is 2.63 bits per heavy atom. The van der Waals surface area contributed by atoms with Crippen LogP contribution in [0.2, 0.25) is 0 Å². The van der Waals surface area contributed by atoms with Gasteiger partial charge in [0.2, 0.25) is 0 Å². The summed E-state index contributed by atoms with van der Waals surface area (Å²) < 4.78 is 0. The fourth-order valence-corrected chi connectivity index (χ4v) is 2.51. The van der Waals surface area contributed by atoms with E-state index in [1.807, 2.05) is 32.0 Å². The Kier molecular flexibility index (Phi) is 5.87. The van der Waals surface area contributed by atoms with Crippen molar-refractivity contribution in [2.75, 3.05) is 0 Å². The van der Waals surface area contributed by atoms with Gasteiger partial charge in [-0.1, -0.05) is 26.3 Å². The third-order valence-corrected chi connectivity index (χ3v) is 3.77. The molecule has 1 heterocycles. The standard InChI is InChI=1S/C16H23NO2/c1-4-8-13(5-2)15(19)16(3,10-12-18)14-9-6-7-11-17-14/h6-7,9,11-13H,4-5,8,10H2,1-3H3. The van der Waals surface area contributed by atoms with Gasteiger partial charge in [0.15, 0.2) is 0 Å². The quantitative estimate of drug-likeness (QED) is 0.674. The van der Waals surface area contributed by atoms with E-state index in [1.165, 1.54) is 0 Å².